The van der Waals surface area contributed by atoms with Crippen LogP contribution in [0, 0.1) is 0 Å². The molecule has 0 fully saturated rings. The van der Waals surface area contributed by atoms with Crippen LogP contribution in [0.4, 0.5) is 5.69 Å². The van der Waals surface area contributed by atoms with E-state index in [4.69, 9.17) is 2.64 Å². The van der Waals surface area contributed by atoms with Gasteiger partial charge in [0, 0.05) is 0 Å². The van der Waals surface area contributed by atoms with E-state index in [1.807, 2.05) is 19.0 Å². The van der Waals surface area contributed by atoms with E-state index in [1.165, 1.54) is 15.7 Å². The van der Waals surface area contributed by atoms with E-state index in [1.54, 1.807) is 0 Å². The van der Waals surface area contributed by atoms with Gasteiger partial charge in [0.2, 0.25) is 0 Å². The first-order valence-electron chi connectivity index (χ1n) is 4.49. The van der Waals surface area contributed by atoms with Crippen LogP contribution in [-0.4, -0.2) is 20.1 Å². The molecule has 1 rings (SSSR count). The van der Waals surface area contributed by atoms with Gasteiger partial charge in [-0.2, -0.15) is 0 Å². The predicted molar refractivity (Wildman–Crippen MR) is 52.2 cm³/mol. The first kappa shape index (κ1) is 11.5. The van der Waals surface area contributed by atoms with E-state index in [0.717, 1.165) is 0 Å². The van der Waals surface area contributed by atoms with Gasteiger partial charge >= 0.3 is 97.4 Å². The van der Waals surface area contributed by atoms with Crippen LogP contribution in [0.2, 0.25) is 0 Å². The monoisotopic (exact) mass is 381 g/mol. The number of nitrogens with zero attached hydrogens (tertiary/aromatic N) is 1. The second kappa shape index (κ2) is 5.34. The molecule has 3 nitrogen and oxygen atoms in total. The molecule has 4 heteroatoms. The zero-order valence-electron chi connectivity index (χ0n) is 8.78. The summed E-state index contributed by atoms with van der Waals surface area (Å²) in [6.07, 6.45) is 0. The standard InChI is InChI=1S/C8H10N.C2H4O2.Hg/c1-9(2)8-6-4-3-5-7-8;1-2(3)4;/h4-7H,1-2H3;1H3,(H,3,4);/q;;+1/p-1. The molecule has 1 aromatic rings. The molecule has 0 aliphatic carbocycles. The van der Waals surface area contributed by atoms with E-state index in [0.29, 0.717) is 0 Å². The van der Waals surface area contributed by atoms with Crippen LogP contribution in [0.1, 0.15) is 6.92 Å². The topological polar surface area (TPSA) is 29.5 Å². The minimum absolute atomic E-state index is 0.150. The molecule has 0 bridgehead atoms. The zero-order valence-corrected chi connectivity index (χ0v) is 14.3. The Bertz CT molecular complexity index is 308. The molecule has 0 radical (unpaired) electrons. The maximum atomic E-state index is 10.6. The summed E-state index contributed by atoms with van der Waals surface area (Å²) in [4.78, 5) is 12.7. The van der Waals surface area contributed by atoms with Gasteiger partial charge in [-0.05, 0) is 0 Å². The normalized spacial score (nSPS) is 9.07. The Morgan fingerprint density at radius 2 is 1.86 bits per heavy atom. The summed E-state index contributed by atoms with van der Waals surface area (Å²) in [5.41, 5.74) is 1.17. The van der Waals surface area contributed by atoms with Crippen molar-refractivity contribution in [3.63, 3.8) is 0 Å². The van der Waals surface area contributed by atoms with Gasteiger partial charge in [-0.3, -0.25) is 0 Å². The first-order chi connectivity index (χ1) is 6.59. The average Bonchev–Trinajstić information content (AvgIpc) is 2.15. The fourth-order valence-electron chi connectivity index (χ4n) is 1.08. The molecule has 0 unspecified atom stereocenters. The van der Waals surface area contributed by atoms with E-state index in [9.17, 15) is 4.79 Å². The van der Waals surface area contributed by atoms with Crippen LogP contribution in [0.5, 0.6) is 0 Å². The molecule has 0 aliphatic rings. The molecule has 0 spiro atoms. The Balaban J connectivity index is 2.59. The van der Waals surface area contributed by atoms with Gasteiger partial charge in [0.05, 0.1) is 0 Å². The molecular formula is C10H13HgNO2. The van der Waals surface area contributed by atoms with Crippen molar-refractivity contribution in [2.45, 2.75) is 6.92 Å². The Hall–Kier alpha value is -0.575. The number of carbonyl (C=O) groups is 1. The summed E-state index contributed by atoms with van der Waals surface area (Å²) in [6, 6.07) is 8.22. The van der Waals surface area contributed by atoms with Crippen molar-refractivity contribution in [3.05, 3.63) is 24.3 Å². The van der Waals surface area contributed by atoms with Crippen LogP contribution in [0.3, 0.4) is 0 Å². The van der Waals surface area contributed by atoms with Gasteiger partial charge in [0.15, 0.2) is 0 Å². The quantitative estimate of drug-likeness (QED) is 0.732. The van der Waals surface area contributed by atoms with E-state index in [-0.39, 0.29) is 5.97 Å². The van der Waals surface area contributed by atoms with Gasteiger partial charge in [-0.1, -0.05) is 0 Å². The second-order valence-electron chi connectivity index (χ2n) is 3.34. The summed E-state index contributed by atoms with van der Waals surface area (Å²) in [7, 11) is 4.01. The van der Waals surface area contributed by atoms with Crippen molar-refractivity contribution >= 4 is 14.7 Å². The molecule has 0 aromatic heterocycles. The zero-order chi connectivity index (χ0) is 10.6. The van der Waals surface area contributed by atoms with Crippen LogP contribution in [0.15, 0.2) is 24.3 Å². The Kier molecular flexibility index (Phi) is 4.39. The molecule has 0 saturated heterocycles. The number of rotatable bonds is 3. The SMILES string of the molecule is CC(=O)[O][Hg][c]1ccc(N(C)C)cc1. The second-order valence-corrected chi connectivity index (χ2v) is 8.76. The molecule has 0 amide bonds. The Labute approximate surface area is 97.2 Å². The third kappa shape index (κ3) is 3.66. The van der Waals surface area contributed by atoms with E-state index in [2.05, 4.69) is 24.3 Å². The minimum atomic E-state index is -1.60. The van der Waals surface area contributed by atoms with E-state index >= 15 is 0 Å². The summed E-state index contributed by atoms with van der Waals surface area (Å²) < 4.78 is 6.33. The Morgan fingerprint density at radius 3 is 2.29 bits per heavy atom. The molecule has 0 N–H and O–H groups in total. The van der Waals surface area contributed by atoms with Crippen molar-refractivity contribution in [1.29, 1.82) is 0 Å². The van der Waals surface area contributed by atoms with Gasteiger partial charge in [-0.25, -0.2) is 0 Å². The number of hydrogen-bond donors (Lipinski definition) is 0. The van der Waals surface area contributed by atoms with Crippen LogP contribution in [-0.2, 0) is 32.5 Å². The molecule has 14 heavy (non-hydrogen) atoms. The molecule has 0 aliphatic heterocycles. The summed E-state index contributed by atoms with van der Waals surface area (Å²) in [5.74, 6) is -0.150. The van der Waals surface area contributed by atoms with Gasteiger partial charge in [0.1, 0.15) is 0 Å². The van der Waals surface area contributed by atoms with Crippen LogP contribution < -0.4 is 7.97 Å². The van der Waals surface area contributed by atoms with Crippen molar-refractivity contribution in [1.82, 2.24) is 0 Å². The van der Waals surface area contributed by atoms with Gasteiger partial charge in [0.25, 0.3) is 0 Å². The number of hydrogen-bond acceptors (Lipinski definition) is 3. The maximum absolute atomic E-state index is 10.6. The van der Waals surface area contributed by atoms with Gasteiger partial charge in [-0.15, -0.1) is 0 Å². The predicted octanol–water partition coefficient (Wildman–Crippen LogP) is 0.939. The number of benzene rings is 1. The molecule has 0 heterocycles. The summed E-state index contributed by atoms with van der Waals surface area (Å²) in [6.45, 7) is 1.47. The fourth-order valence-corrected chi connectivity index (χ4v) is 4.18. The van der Waals surface area contributed by atoms with Crippen LogP contribution >= 0.6 is 0 Å². The van der Waals surface area contributed by atoms with Gasteiger partial charge < -0.3 is 0 Å². The van der Waals surface area contributed by atoms with E-state index < -0.39 is 25.0 Å². The van der Waals surface area contributed by atoms with Crippen molar-refractivity contribution in [3.8, 4) is 0 Å². The third-order valence-corrected chi connectivity index (χ3v) is 7.16. The summed E-state index contributed by atoms with van der Waals surface area (Å²) >= 11 is -1.60. The number of carbonyl (C=O) groups excluding carboxylic acids is 1. The Morgan fingerprint density at radius 1 is 1.29 bits per heavy atom. The van der Waals surface area contributed by atoms with Crippen molar-refractivity contribution < 1.29 is 32.5 Å². The van der Waals surface area contributed by atoms with Crippen LogP contribution in [0.25, 0.3) is 0 Å². The summed E-state index contributed by atoms with van der Waals surface area (Å²) in [5, 5.41) is 0. The van der Waals surface area contributed by atoms with Crippen molar-refractivity contribution in [2.75, 3.05) is 19.0 Å². The third-order valence-electron chi connectivity index (χ3n) is 1.89. The molecule has 0 atom stereocenters. The fraction of sp³-hybridized carbons (Fsp3) is 0.300. The average molecular weight is 380 g/mol. The van der Waals surface area contributed by atoms with Crippen molar-refractivity contribution in [2.24, 2.45) is 0 Å². The first-order valence-corrected chi connectivity index (χ1v) is 9.48. The molecule has 0 saturated carbocycles. The molecule has 72 valence electrons. The number of anilines is 1. The molecular weight excluding hydrogens is 367 g/mol. The molecule has 1 aromatic carbocycles.